The SMILES string of the molecule is COC(=O)/C=C/c1ccc(C=O)cc1.C[C@@H](Cc1cccc(OCc2ccccc2)c1)OS(C)(=O)=O.C[C@H](O)Cc1cccc(OCc2ccccc2)c1.Cc1cc(Br)ccc1N.Cc1cc(C2CC2)ccc1N.Cc1cc(C2CC2)ccc1N.Cc1cc(C2CC2)ccc1N[C@H](C)Cc1cccc(O)c1.Cc1cc(C2CC2)ccc1N[C@H](C)Cc1cccc(OCc2ccccc2)c1.OB(O)C1CC1. The van der Waals surface area contributed by atoms with Crippen LogP contribution in [0.3, 0.4) is 0 Å². The summed E-state index contributed by atoms with van der Waals surface area (Å²) in [5.41, 5.74) is 43.7. The Bertz CT molecular complexity index is 6070. The molecule has 0 unspecified atom stereocenters. The van der Waals surface area contributed by atoms with Crippen molar-refractivity contribution in [1.82, 2.24) is 0 Å². The van der Waals surface area contributed by atoms with Crippen LogP contribution in [0.15, 0.2) is 314 Å². The van der Waals surface area contributed by atoms with Crippen molar-refractivity contribution in [2.75, 3.05) is 41.2 Å². The highest BCUT2D eigenvalue weighted by Gasteiger charge is 2.33. The maximum Gasteiger partial charge on any atom is 0.454 e. The summed E-state index contributed by atoms with van der Waals surface area (Å²) in [5, 5.41) is 42.7. The van der Waals surface area contributed by atoms with Crippen LogP contribution in [-0.2, 0) is 69.3 Å². The van der Waals surface area contributed by atoms with Gasteiger partial charge in [-0.3, -0.25) is 8.98 Å². The predicted molar refractivity (Wildman–Crippen MR) is 579 cm³/mol. The van der Waals surface area contributed by atoms with Gasteiger partial charge in [-0.2, -0.15) is 8.42 Å². The number of esters is 1. The van der Waals surface area contributed by atoms with E-state index in [-0.39, 0.29) is 11.9 Å². The first kappa shape index (κ1) is 109. The highest BCUT2D eigenvalue weighted by Crippen LogP contribution is 2.44. The van der Waals surface area contributed by atoms with Gasteiger partial charge in [0.15, 0.2) is 0 Å². The average Bonchev–Trinajstić information content (AvgIpc) is 1.69. The molecule has 13 aromatic carbocycles. The molecule has 736 valence electrons. The Morgan fingerprint density at radius 3 is 1.09 bits per heavy atom. The summed E-state index contributed by atoms with van der Waals surface area (Å²) >= 11 is 3.34. The molecule has 0 radical (unpaired) electrons. The number of ether oxygens (including phenoxy) is 4. The van der Waals surface area contributed by atoms with Gasteiger partial charge in [0.2, 0.25) is 0 Å². The van der Waals surface area contributed by atoms with Crippen molar-refractivity contribution in [2.24, 2.45) is 0 Å². The Balaban J connectivity index is 0.000000167. The number of phenolic OH excluding ortho intramolecular Hbond substituents is 1. The van der Waals surface area contributed by atoms with Crippen LogP contribution < -0.4 is 42.0 Å². The first-order valence-electron chi connectivity index (χ1n) is 48.5. The molecule has 5 saturated carbocycles. The minimum absolute atomic E-state index is 0.213. The number of aromatic hydroxyl groups is 1. The van der Waals surface area contributed by atoms with E-state index in [9.17, 15) is 28.2 Å². The summed E-state index contributed by atoms with van der Waals surface area (Å²) in [6.07, 6.45) is 19.9. The van der Waals surface area contributed by atoms with E-state index in [0.29, 0.717) is 56.1 Å². The van der Waals surface area contributed by atoms with Gasteiger partial charge in [-0.1, -0.05) is 241 Å². The first-order valence-corrected chi connectivity index (χ1v) is 51.1. The third-order valence-corrected chi connectivity index (χ3v) is 25.0. The van der Waals surface area contributed by atoms with Gasteiger partial charge in [0, 0.05) is 56.6 Å². The summed E-state index contributed by atoms with van der Waals surface area (Å²) in [6, 6.07) is 102. The maximum absolute atomic E-state index is 11.1. The van der Waals surface area contributed by atoms with Crippen LogP contribution in [0.5, 0.6) is 23.0 Å². The Kier molecular flexibility index (Phi) is 44.1. The molecule has 5 aliphatic rings. The van der Waals surface area contributed by atoms with E-state index in [4.69, 9.17) is 45.6 Å². The second-order valence-electron chi connectivity index (χ2n) is 37.2. The number of hydrogen-bond acceptors (Lipinski definition) is 18. The minimum atomic E-state index is -3.43. The van der Waals surface area contributed by atoms with E-state index in [1.807, 2.05) is 183 Å². The minimum Gasteiger partial charge on any atom is -0.508 e. The van der Waals surface area contributed by atoms with Crippen molar-refractivity contribution in [3.63, 3.8) is 0 Å². The van der Waals surface area contributed by atoms with Gasteiger partial charge >= 0.3 is 13.1 Å². The largest absolute Gasteiger partial charge is 0.508 e. The summed E-state index contributed by atoms with van der Waals surface area (Å²) in [5.74, 6) is 5.98. The molecule has 4 atom stereocenters. The Hall–Kier alpha value is -12.7. The second-order valence-corrected chi connectivity index (χ2v) is 39.7. The van der Waals surface area contributed by atoms with Crippen molar-refractivity contribution in [3.05, 3.63) is 414 Å². The zero-order valence-corrected chi connectivity index (χ0v) is 85.3. The molecule has 21 heteroatoms. The fourth-order valence-electron chi connectivity index (χ4n) is 15.3. The second kappa shape index (κ2) is 56.5. The van der Waals surface area contributed by atoms with Gasteiger partial charge in [0.25, 0.3) is 10.1 Å². The van der Waals surface area contributed by atoms with Gasteiger partial charge in [-0.05, 0) is 361 Å². The quantitative estimate of drug-likeness (QED) is 0.00487. The van der Waals surface area contributed by atoms with Crippen LogP contribution in [0.25, 0.3) is 6.08 Å². The van der Waals surface area contributed by atoms with Gasteiger partial charge in [0.05, 0.1) is 25.6 Å². The molecule has 140 heavy (non-hydrogen) atoms. The fourth-order valence-corrected chi connectivity index (χ4v) is 16.4. The molecule has 18 nitrogen and oxygen atoms in total. The molecule has 13 aromatic rings. The number of nitrogen functional groups attached to an aromatic ring is 3. The number of methoxy groups -OCH3 is 1. The molecule has 5 fully saturated rings. The highest BCUT2D eigenvalue weighted by atomic mass is 79.9. The van der Waals surface area contributed by atoms with Crippen molar-refractivity contribution in [3.8, 4) is 23.0 Å². The Labute approximate surface area is 839 Å². The lowest BCUT2D eigenvalue weighted by Gasteiger charge is -2.18. The van der Waals surface area contributed by atoms with Crippen LogP contribution in [0.2, 0.25) is 5.82 Å². The summed E-state index contributed by atoms with van der Waals surface area (Å²) in [6.45, 7) is 20.1. The Morgan fingerprint density at radius 1 is 0.421 bits per heavy atom. The average molecular weight is 1970 g/mol. The number of hydrogen-bond donors (Lipinski definition) is 9. The number of aliphatic hydroxyl groups excluding tert-OH is 1. The summed E-state index contributed by atoms with van der Waals surface area (Å²) < 4.78 is 50.1. The first-order chi connectivity index (χ1) is 67.2. The number of aryl methyl sites for hydroxylation is 5. The normalized spacial score (nSPS) is 14.0. The summed E-state index contributed by atoms with van der Waals surface area (Å²) in [4.78, 5) is 21.1. The number of carbonyl (C=O) groups is 2. The predicted octanol–water partition coefficient (Wildman–Crippen LogP) is 26.0. The number of nitrogens with one attached hydrogen (secondary N) is 2. The maximum atomic E-state index is 11.1. The number of aliphatic hydroxyl groups is 1. The lowest BCUT2D eigenvalue weighted by molar-refractivity contribution is -0.134. The Morgan fingerprint density at radius 2 is 0.764 bits per heavy atom. The molecular weight excluding hydrogens is 1830 g/mol. The van der Waals surface area contributed by atoms with Gasteiger partial charge in [0.1, 0.15) is 49.1 Å². The number of phenols is 1. The molecule has 0 amide bonds. The van der Waals surface area contributed by atoms with Crippen molar-refractivity contribution < 1.29 is 61.4 Å². The van der Waals surface area contributed by atoms with E-state index in [1.54, 1.807) is 50.3 Å². The van der Waals surface area contributed by atoms with E-state index in [2.05, 4.69) is 170 Å². The molecule has 0 heterocycles. The fraction of sp³-hybridized carbons (Fsp3) is 0.311. The topological polar surface area (TPSA) is 297 Å². The van der Waals surface area contributed by atoms with Gasteiger partial charge in [-0.25, -0.2) is 4.79 Å². The number of anilines is 5. The molecule has 5 aliphatic carbocycles. The lowest BCUT2D eigenvalue weighted by Crippen LogP contribution is -2.18. The number of aldehydes is 1. The number of nitrogens with two attached hydrogens (primary N) is 3. The van der Waals surface area contributed by atoms with E-state index in [1.165, 1.54) is 132 Å². The van der Waals surface area contributed by atoms with Crippen molar-refractivity contribution in [1.29, 1.82) is 0 Å². The third-order valence-electron chi connectivity index (χ3n) is 23.9. The van der Waals surface area contributed by atoms with Crippen LogP contribution in [0, 0.1) is 34.6 Å². The number of benzene rings is 13. The molecule has 12 N–H and O–H groups in total. The van der Waals surface area contributed by atoms with Crippen LogP contribution in [0.4, 0.5) is 28.4 Å². The molecular formula is C119H141BBrN5O13S. The smallest absolute Gasteiger partial charge is 0.454 e. The number of carbonyl (C=O) groups excluding carboxylic acids is 2. The van der Waals surface area contributed by atoms with E-state index in [0.717, 1.165) is 140 Å². The number of rotatable bonds is 31. The van der Waals surface area contributed by atoms with Crippen molar-refractivity contribution >= 4 is 79.9 Å². The van der Waals surface area contributed by atoms with E-state index < -0.39 is 29.3 Å². The van der Waals surface area contributed by atoms with E-state index >= 15 is 0 Å². The summed E-state index contributed by atoms with van der Waals surface area (Å²) in [7, 11) is -3.15. The molecule has 0 bridgehead atoms. The highest BCUT2D eigenvalue weighted by molar-refractivity contribution is 9.10. The van der Waals surface area contributed by atoms with Crippen molar-refractivity contribution in [2.45, 2.75) is 226 Å². The van der Waals surface area contributed by atoms with Crippen LogP contribution in [-0.4, -0.2) is 85.7 Å². The standard InChI is InChI=1S/C26H29NO.C19H23NO.C17H20O4S.C16H18O2.C11H10O3.2C10H13N.C7H8BrN.C3H7BO2/c1-19-15-24(23-11-12-23)13-14-26(19)27-20(2)16-22-9-6-10-25(17-22)28-18-21-7-4-3-5-8-21;1-13-10-17(16-6-7-16)8-9-19(13)20-14(2)11-15-4-3-5-18(21)12-15;1-14(21-22(2,18)19)11-16-9-6-10-17(12-16)20-13-15-7-4-3-5-8-15;1-13(17)10-15-8-5-9-16(11-15)18-12-14-6-3-2-4-7-14;1-14-11(13)7-6-9-2-4-10(8-12)5-3-9;2*1-7-6-9(8-2-3-8)4-5-10(7)11;1-5-4-6(8)2-3-7(5)9;5-4(6)3-1-2-3/h3-10,13-15,17,20,23,27H,11-12,16,18H2,1-2H3;3-5,8-10,12,14,16,20-21H,6-7,11H2,1-2H3;3-10,12,14H,11,13H2,1-2H3;2-9,11,13,17H,10,12H2,1H3;2-8H,1H3;2*4-6,8H,2-3,11H2,1H3;2-4H,9H2,1H3;3,5-6H,1-2H2/b;;;;7-6+;;;;/t20-;2*14-;13-;;;;;/m1100...../s1. The zero-order valence-electron chi connectivity index (χ0n) is 82.9. The zero-order chi connectivity index (χ0) is 100. The molecule has 18 rings (SSSR count). The third kappa shape index (κ3) is 42.1. The van der Waals surface area contributed by atoms with Crippen LogP contribution in [0.1, 0.15) is 221 Å². The molecule has 0 aliphatic heterocycles. The number of halogens is 1. The molecule has 0 saturated heterocycles. The molecule has 0 spiro atoms. The monoisotopic (exact) mass is 1970 g/mol. The van der Waals surface area contributed by atoms with Gasteiger partial charge in [-0.15, -0.1) is 0 Å². The lowest BCUT2D eigenvalue weighted by atomic mass is 9.84. The van der Waals surface area contributed by atoms with Crippen LogP contribution >= 0.6 is 15.9 Å². The van der Waals surface area contributed by atoms with Gasteiger partial charge < -0.3 is 67.0 Å². The molecule has 0 aromatic heterocycles.